The van der Waals surface area contributed by atoms with Gasteiger partial charge >= 0.3 is 0 Å². The molecule has 0 saturated carbocycles. The van der Waals surface area contributed by atoms with Crippen molar-refractivity contribution >= 4 is 10.9 Å². The third-order valence-electron chi connectivity index (χ3n) is 2.05. The lowest BCUT2D eigenvalue weighted by atomic mass is 10.1. The molecule has 2 nitrogen and oxygen atoms in total. The van der Waals surface area contributed by atoms with Gasteiger partial charge in [-0.15, -0.1) is 0 Å². The molecule has 2 aromatic rings. The van der Waals surface area contributed by atoms with Crippen LogP contribution in [0.1, 0.15) is 5.56 Å². The molecule has 0 N–H and O–H groups in total. The fraction of sp³-hybridized carbons (Fsp3) is 0. The Labute approximate surface area is 86.8 Å². The second-order valence-corrected chi connectivity index (χ2v) is 2.96. The summed E-state index contributed by atoms with van der Waals surface area (Å²) in [6, 6.07) is 2.98. The normalized spacial score (nSPS) is 10.4. The molecule has 0 aliphatic carbocycles. The summed E-state index contributed by atoms with van der Waals surface area (Å²) in [4.78, 5) is 3.09. The van der Waals surface area contributed by atoms with E-state index in [4.69, 9.17) is 5.26 Å². The topological polar surface area (TPSA) is 36.7 Å². The predicted molar refractivity (Wildman–Crippen MR) is 46.3 cm³/mol. The van der Waals surface area contributed by atoms with Crippen LogP contribution in [0.15, 0.2) is 12.1 Å². The Hall–Kier alpha value is -2.16. The maximum Gasteiger partial charge on any atom is 0.250 e. The van der Waals surface area contributed by atoms with Crippen LogP contribution in [0.2, 0.25) is 0 Å². The number of nitrogens with zero attached hydrogens (tertiary/aromatic N) is 2. The van der Waals surface area contributed by atoms with Gasteiger partial charge in [-0.05, 0) is 12.1 Å². The summed E-state index contributed by atoms with van der Waals surface area (Å²) < 4.78 is 52.1. The van der Waals surface area contributed by atoms with E-state index in [0.717, 1.165) is 12.1 Å². The quantitative estimate of drug-likeness (QED) is 0.511. The van der Waals surface area contributed by atoms with Crippen molar-refractivity contribution in [2.45, 2.75) is 0 Å². The molecule has 0 aliphatic rings. The standard InChI is InChI=1S/C10H2F4N2/c11-5-1-2-6-7(9(5)13)4(3-15)8(12)10(14)16-6/h1-2H. The van der Waals surface area contributed by atoms with Crippen molar-refractivity contribution in [3.8, 4) is 6.07 Å². The van der Waals surface area contributed by atoms with Crippen molar-refractivity contribution in [3.05, 3.63) is 41.1 Å². The molecule has 1 aromatic carbocycles. The van der Waals surface area contributed by atoms with Crippen molar-refractivity contribution in [1.82, 2.24) is 4.98 Å². The van der Waals surface area contributed by atoms with Gasteiger partial charge < -0.3 is 0 Å². The van der Waals surface area contributed by atoms with Gasteiger partial charge in [-0.3, -0.25) is 0 Å². The molecule has 1 heterocycles. The highest BCUT2D eigenvalue weighted by molar-refractivity contribution is 5.85. The monoisotopic (exact) mass is 226 g/mol. The van der Waals surface area contributed by atoms with Crippen LogP contribution in [0, 0.1) is 34.7 Å². The number of hydrogen-bond acceptors (Lipinski definition) is 2. The fourth-order valence-electron chi connectivity index (χ4n) is 1.34. The molecule has 0 bridgehead atoms. The van der Waals surface area contributed by atoms with Gasteiger partial charge in [0.05, 0.1) is 10.9 Å². The molecule has 1 aromatic heterocycles. The van der Waals surface area contributed by atoms with Crippen LogP contribution >= 0.6 is 0 Å². The molecule has 6 heteroatoms. The average molecular weight is 226 g/mol. The molecule has 0 fully saturated rings. The van der Waals surface area contributed by atoms with Crippen LogP contribution in [0.4, 0.5) is 17.6 Å². The zero-order chi connectivity index (χ0) is 11.9. The van der Waals surface area contributed by atoms with Crippen LogP contribution in [0.3, 0.4) is 0 Å². The van der Waals surface area contributed by atoms with Gasteiger partial charge in [0.25, 0.3) is 5.95 Å². The molecule has 0 atom stereocenters. The summed E-state index contributed by atoms with van der Waals surface area (Å²) in [5.74, 6) is -5.77. The summed E-state index contributed by atoms with van der Waals surface area (Å²) in [6.07, 6.45) is 0. The van der Waals surface area contributed by atoms with Crippen molar-refractivity contribution in [2.75, 3.05) is 0 Å². The van der Waals surface area contributed by atoms with E-state index >= 15 is 0 Å². The maximum atomic E-state index is 13.3. The molecular weight excluding hydrogens is 224 g/mol. The Bertz CT molecular complexity index is 631. The summed E-state index contributed by atoms with van der Waals surface area (Å²) in [7, 11) is 0. The minimum absolute atomic E-state index is 0.311. The van der Waals surface area contributed by atoms with E-state index in [2.05, 4.69) is 4.98 Å². The van der Waals surface area contributed by atoms with Crippen LogP contribution in [0.5, 0.6) is 0 Å². The van der Waals surface area contributed by atoms with Gasteiger partial charge in [0.2, 0.25) is 0 Å². The molecule has 0 unspecified atom stereocenters. The maximum absolute atomic E-state index is 13.3. The largest absolute Gasteiger partial charge is 0.250 e. The first-order valence-corrected chi connectivity index (χ1v) is 4.09. The predicted octanol–water partition coefficient (Wildman–Crippen LogP) is 2.66. The van der Waals surface area contributed by atoms with Crippen molar-refractivity contribution in [2.24, 2.45) is 0 Å². The number of nitriles is 1. The zero-order valence-electron chi connectivity index (χ0n) is 7.56. The molecular formula is C10H2F4N2. The SMILES string of the molecule is N#Cc1c(F)c(F)nc2ccc(F)c(F)c12. The van der Waals surface area contributed by atoms with Crippen molar-refractivity contribution in [1.29, 1.82) is 5.26 Å². The number of hydrogen-bond donors (Lipinski definition) is 0. The highest BCUT2D eigenvalue weighted by atomic mass is 19.2. The van der Waals surface area contributed by atoms with E-state index < -0.39 is 34.3 Å². The van der Waals surface area contributed by atoms with E-state index in [0.29, 0.717) is 0 Å². The molecule has 0 saturated heterocycles. The fourth-order valence-corrected chi connectivity index (χ4v) is 1.34. The van der Waals surface area contributed by atoms with Gasteiger partial charge in [0, 0.05) is 0 Å². The lowest BCUT2D eigenvalue weighted by Crippen LogP contribution is -2.00. The lowest BCUT2D eigenvalue weighted by Gasteiger charge is -2.03. The summed E-state index contributed by atoms with van der Waals surface area (Å²) in [5, 5.41) is 7.93. The molecule has 0 spiro atoms. The first kappa shape index (κ1) is 10.4. The van der Waals surface area contributed by atoms with E-state index in [1.54, 1.807) is 0 Å². The summed E-state index contributed by atoms with van der Waals surface area (Å²) in [5.41, 5.74) is -1.20. The number of fused-ring (bicyclic) bond motifs is 1. The molecule has 0 radical (unpaired) electrons. The Kier molecular flexibility index (Phi) is 2.23. The first-order valence-electron chi connectivity index (χ1n) is 4.09. The summed E-state index contributed by atoms with van der Waals surface area (Å²) >= 11 is 0. The number of aromatic nitrogens is 1. The van der Waals surface area contributed by atoms with Crippen LogP contribution in [-0.4, -0.2) is 4.98 Å². The van der Waals surface area contributed by atoms with E-state index in [9.17, 15) is 17.6 Å². The lowest BCUT2D eigenvalue weighted by molar-refractivity contribution is 0.478. The van der Waals surface area contributed by atoms with Gasteiger partial charge in [0.1, 0.15) is 11.6 Å². The van der Waals surface area contributed by atoms with Crippen molar-refractivity contribution in [3.63, 3.8) is 0 Å². The number of pyridine rings is 1. The minimum atomic E-state index is -1.58. The van der Waals surface area contributed by atoms with Gasteiger partial charge in [-0.2, -0.15) is 9.65 Å². The Balaban J connectivity index is 3.06. The first-order chi connectivity index (χ1) is 7.56. The molecule has 80 valence electrons. The minimum Gasteiger partial charge on any atom is -0.217 e. The average Bonchev–Trinajstić information content (AvgIpc) is 2.26. The Morgan fingerprint density at radius 3 is 2.38 bits per heavy atom. The van der Waals surface area contributed by atoms with Crippen LogP contribution < -0.4 is 0 Å². The Morgan fingerprint density at radius 2 is 1.75 bits per heavy atom. The number of benzene rings is 1. The third-order valence-corrected chi connectivity index (χ3v) is 2.05. The number of halogens is 4. The molecule has 0 amide bonds. The zero-order valence-corrected chi connectivity index (χ0v) is 7.56. The van der Waals surface area contributed by atoms with Crippen LogP contribution in [0.25, 0.3) is 10.9 Å². The van der Waals surface area contributed by atoms with Gasteiger partial charge in [0.15, 0.2) is 17.5 Å². The van der Waals surface area contributed by atoms with E-state index in [1.807, 2.05) is 0 Å². The second kappa shape index (κ2) is 3.45. The Morgan fingerprint density at radius 1 is 1.06 bits per heavy atom. The molecule has 2 rings (SSSR count). The summed E-state index contributed by atoms with van der Waals surface area (Å²) in [6.45, 7) is 0. The highest BCUT2D eigenvalue weighted by Gasteiger charge is 2.19. The highest BCUT2D eigenvalue weighted by Crippen LogP contribution is 2.25. The van der Waals surface area contributed by atoms with Crippen molar-refractivity contribution < 1.29 is 17.6 Å². The van der Waals surface area contributed by atoms with Crippen LogP contribution in [-0.2, 0) is 0 Å². The number of rotatable bonds is 0. The van der Waals surface area contributed by atoms with Gasteiger partial charge in [-0.25, -0.2) is 18.2 Å². The third kappa shape index (κ3) is 1.29. The van der Waals surface area contributed by atoms with E-state index in [-0.39, 0.29) is 5.52 Å². The molecule has 16 heavy (non-hydrogen) atoms. The van der Waals surface area contributed by atoms with Gasteiger partial charge in [-0.1, -0.05) is 0 Å². The van der Waals surface area contributed by atoms with E-state index in [1.165, 1.54) is 6.07 Å². The second-order valence-electron chi connectivity index (χ2n) is 2.96. The smallest absolute Gasteiger partial charge is 0.217 e. The molecule has 0 aliphatic heterocycles.